The molecule has 0 radical (unpaired) electrons. The highest BCUT2D eigenvalue weighted by molar-refractivity contribution is 6.01. The number of amides is 1. The van der Waals surface area contributed by atoms with Crippen LogP contribution in [0.25, 0.3) is 0 Å². The summed E-state index contributed by atoms with van der Waals surface area (Å²) in [6, 6.07) is 8.50. The van der Waals surface area contributed by atoms with Gasteiger partial charge in [0, 0.05) is 18.3 Å². The topological polar surface area (TPSA) is 32.3 Å². The first-order chi connectivity index (χ1) is 8.45. The van der Waals surface area contributed by atoms with Gasteiger partial charge < -0.3 is 10.2 Å². The zero-order valence-corrected chi connectivity index (χ0v) is 11.7. The molecule has 2 rings (SSSR count). The first kappa shape index (κ1) is 13.1. The maximum Gasteiger partial charge on any atom is 0.247 e. The van der Waals surface area contributed by atoms with Gasteiger partial charge in [0.15, 0.2) is 0 Å². The predicted octanol–water partition coefficient (Wildman–Crippen LogP) is 2.35. The van der Waals surface area contributed by atoms with Gasteiger partial charge in [-0.2, -0.15) is 0 Å². The molecule has 1 atom stereocenters. The number of nitrogens with zero attached hydrogens (tertiary/aromatic N) is 1. The fraction of sp³-hybridized carbons (Fsp3) is 0.533. The lowest BCUT2D eigenvalue weighted by atomic mass is 9.97. The van der Waals surface area contributed by atoms with E-state index < -0.39 is 5.54 Å². The number of hydrogen-bond acceptors (Lipinski definition) is 2. The molecular formula is C15H22N2O. The van der Waals surface area contributed by atoms with Crippen molar-refractivity contribution >= 4 is 11.6 Å². The summed E-state index contributed by atoms with van der Waals surface area (Å²) in [4.78, 5) is 14.4. The summed E-state index contributed by atoms with van der Waals surface area (Å²) in [6.45, 7) is 8.92. The molecule has 0 aromatic heterocycles. The van der Waals surface area contributed by atoms with E-state index in [9.17, 15) is 4.79 Å². The quantitative estimate of drug-likeness (QED) is 0.868. The Balaban J connectivity index is 2.31. The smallest absolute Gasteiger partial charge is 0.247 e. The number of aryl methyl sites for hydroxylation is 1. The molecule has 1 N–H and O–H groups in total. The van der Waals surface area contributed by atoms with Gasteiger partial charge in [-0.05, 0) is 44.9 Å². The number of benzene rings is 1. The van der Waals surface area contributed by atoms with Gasteiger partial charge in [0.2, 0.25) is 5.91 Å². The number of nitrogens with one attached hydrogen (secondary N) is 1. The Morgan fingerprint density at radius 3 is 2.50 bits per heavy atom. The van der Waals surface area contributed by atoms with Gasteiger partial charge in [-0.3, -0.25) is 4.79 Å². The number of piperazine rings is 1. The summed E-state index contributed by atoms with van der Waals surface area (Å²) in [5.41, 5.74) is 1.82. The van der Waals surface area contributed by atoms with Crippen LogP contribution in [-0.4, -0.2) is 24.0 Å². The molecular weight excluding hydrogens is 224 g/mol. The van der Waals surface area contributed by atoms with Crippen LogP contribution in [0, 0.1) is 0 Å². The van der Waals surface area contributed by atoms with Crippen LogP contribution in [0.1, 0.15) is 33.3 Å². The van der Waals surface area contributed by atoms with Crippen LogP contribution in [0.4, 0.5) is 5.69 Å². The van der Waals surface area contributed by atoms with E-state index in [1.54, 1.807) is 0 Å². The molecule has 3 nitrogen and oxygen atoms in total. The second-order valence-corrected chi connectivity index (χ2v) is 5.55. The highest BCUT2D eigenvalue weighted by Gasteiger charge is 2.39. The molecule has 0 aliphatic carbocycles. The van der Waals surface area contributed by atoms with Gasteiger partial charge in [0.25, 0.3) is 0 Å². The summed E-state index contributed by atoms with van der Waals surface area (Å²) in [5.74, 6) is 0.144. The highest BCUT2D eigenvalue weighted by atomic mass is 16.2. The minimum Gasteiger partial charge on any atom is -0.307 e. The minimum absolute atomic E-state index is 0.144. The van der Waals surface area contributed by atoms with Crippen molar-refractivity contribution in [2.45, 2.75) is 45.7 Å². The van der Waals surface area contributed by atoms with Crippen LogP contribution in [0.2, 0.25) is 0 Å². The monoisotopic (exact) mass is 246 g/mol. The Labute approximate surface area is 109 Å². The predicted molar refractivity (Wildman–Crippen MR) is 74.8 cm³/mol. The SMILES string of the molecule is CCc1ccc(N2C(=O)C(C)(C)NCC2C)cc1. The summed E-state index contributed by atoms with van der Waals surface area (Å²) >= 11 is 0. The normalized spacial score (nSPS) is 23.2. The lowest BCUT2D eigenvalue weighted by Gasteiger charge is -2.42. The Hall–Kier alpha value is -1.35. The van der Waals surface area contributed by atoms with Crippen LogP contribution in [0.5, 0.6) is 0 Å². The van der Waals surface area contributed by atoms with E-state index in [1.165, 1.54) is 5.56 Å². The molecule has 3 heteroatoms. The second-order valence-electron chi connectivity index (χ2n) is 5.55. The zero-order valence-electron chi connectivity index (χ0n) is 11.7. The fourth-order valence-electron chi connectivity index (χ4n) is 2.34. The number of hydrogen-bond donors (Lipinski definition) is 1. The molecule has 0 spiro atoms. The molecule has 18 heavy (non-hydrogen) atoms. The summed E-state index contributed by atoms with van der Waals surface area (Å²) in [6.07, 6.45) is 1.02. The van der Waals surface area contributed by atoms with E-state index in [2.05, 4.69) is 43.4 Å². The first-order valence-corrected chi connectivity index (χ1v) is 6.63. The van der Waals surface area contributed by atoms with Crippen molar-refractivity contribution in [2.24, 2.45) is 0 Å². The average molecular weight is 246 g/mol. The third-order valence-corrected chi connectivity index (χ3v) is 3.66. The Kier molecular flexibility index (Phi) is 3.44. The fourth-order valence-corrected chi connectivity index (χ4v) is 2.34. The van der Waals surface area contributed by atoms with Crippen LogP contribution in [0.15, 0.2) is 24.3 Å². The minimum atomic E-state index is -0.476. The lowest BCUT2D eigenvalue weighted by Crippen LogP contribution is -2.64. The Morgan fingerprint density at radius 2 is 1.94 bits per heavy atom. The summed E-state index contributed by atoms with van der Waals surface area (Å²) < 4.78 is 0. The number of carbonyl (C=O) groups excluding carboxylic acids is 1. The number of anilines is 1. The number of carbonyl (C=O) groups is 1. The van der Waals surface area contributed by atoms with Crippen LogP contribution < -0.4 is 10.2 Å². The van der Waals surface area contributed by atoms with Crippen LogP contribution in [0.3, 0.4) is 0 Å². The maximum absolute atomic E-state index is 12.5. The molecule has 1 fully saturated rings. The van der Waals surface area contributed by atoms with Crippen molar-refractivity contribution in [3.63, 3.8) is 0 Å². The molecule has 1 heterocycles. The molecule has 1 unspecified atom stereocenters. The molecule has 1 saturated heterocycles. The molecule has 98 valence electrons. The van der Waals surface area contributed by atoms with E-state index >= 15 is 0 Å². The second kappa shape index (κ2) is 4.73. The number of rotatable bonds is 2. The molecule has 0 saturated carbocycles. The van der Waals surface area contributed by atoms with Gasteiger partial charge in [-0.1, -0.05) is 19.1 Å². The molecule has 1 aliphatic rings. The van der Waals surface area contributed by atoms with Crippen molar-refractivity contribution in [3.05, 3.63) is 29.8 Å². The zero-order chi connectivity index (χ0) is 13.3. The van der Waals surface area contributed by atoms with Gasteiger partial charge in [-0.15, -0.1) is 0 Å². The summed E-state index contributed by atoms with van der Waals surface area (Å²) in [5, 5.41) is 3.29. The third kappa shape index (κ3) is 2.27. The van der Waals surface area contributed by atoms with Crippen molar-refractivity contribution in [2.75, 3.05) is 11.4 Å². The standard InChI is InChI=1S/C15H22N2O/c1-5-12-6-8-13(9-7-12)17-11(2)10-16-15(3,4)14(17)18/h6-9,11,16H,5,10H2,1-4H3. The first-order valence-electron chi connectivity index (χ1n) is 6.63. The van der Waals surface area contributed by atoms with E-state index in [1.807, 2.05) is 18.7 Å². The Morgan fingerprint density at radius 1 is 1.33 bits per heavy atom. The van der Waals surface area contributed by atoms with E-state index in [0.29, 0.717) is 0 Å². The molecule has 1 aromatic carbocycles. The van der Waals surface area contributed by atoms with Gasteiger partial charge in [-0.25, -0.2) is 0 Å². The average Bonchev–Trinajstić information content (AvgIpc) is 2.36. The van der Waals surface area contributed by atoms with Crippen molar-refractivity contribution in [3.8, 4) is 0 Å². The van der Waals surface area contributed by atoms with Crippen LogP contribution in [-0.2, 0) is 11.2 Å². The van der Waals surface area contributed by atoms with Gasteiger partial charge >= 0.3 is 0 Å². The molecule has 1 amide bonds. The van der Waals surface area contributed by atoms with Gasteiger partial charge in [0.05, 0.1) is 5.54 Å². The lowest BCUT2D eigenvalue weighted by molar-refractivity contribution is -0.125. The van der Waals surface area contributed by atoms with Crippen molar-refractivity contribution in [1.29, 1.82) is 0 Å². The van der Waals surface area contributed by atoms with E-state index in [4.69, 9.17) is 0 Å². The van der Waals surface area contributed by atoms with Gasteiger partial charge in [0.1, 0.15) is 0 Å². The van der Waals surface area contributed by atoms with Crippen molar-refractivity contribution in [1.82, 2.24) is 5.32 Å². The third-order valence-electron chi connectivity index (χ3n) is 3.66. The summed E-state index contributed by atoms with van der Waals surface area (Å²) in [7, 11) is 0. The van der Waals surface area contributed by atoms with Crippen molar-refractivity contribution < 1.29 is 4.79 Å². The Bertz CT molecular complexity index is 436. The molecule has 0 bridgehead atoms. The largest absolute Gasteiger partial charge is 0.307 e. The molecule has 1 aliphatic heterocycles. The van der Waals surface area contributed by atoms with Crippen LogP contribution >= 0.6 is 0 Å². The highest BCUT2D eigenvalue weighted by Crippen LogP contribution is 2.25. The molecule has 1 aromatic rings. The maximum atomic E-state index is 12.5. The van der Waals surface area contributed by atoms with E-state index in [0.717, 1.165) is 18.7 Å². The van der Waals surface area contributed by atoms with E-state index in [-0.39, 0.29) is 11.9 Å².